The van der Waals surface area contributed by atoms with Crippen molar-refractivity contribution < 1.29 is 9.18 Å². The number of carbonyl (C=O) groups is 1. The van der Waals surface area contributed by atoms with Crippen molar-refractivity contribution in [3.05, 3.63) is 96.2 Å². The Morgan fingerprint density at radius 2 is 1.78 bits per heavy atom. The number of benzene rings is 2. The highest BCUT2D eigenvalue weighted by molar-refractivity contribution is 5.93. The second-order valence-electron chi connectivity index (χ2n) is 8.14. The van der Waals surface area contributed by atoms with Gasteiger partial charge in [-0.05, 0) is 62.7 Å². The van der Waals surface area contributed by atoms with Crippen LogP contribution in [0.2, 0.25) is 0 Å². The summed E-state index contributed by atoms with van der Waals surface area (Å²) in [7, 11) is 2.97. The van der Waals surface area contributed by atoms with Crippen LogP contribution in [0.4, 0.5) is 15.9 Å². The van der Waals surface area contributed by atoms with Crippen molar-refractivity contribution in [2.24, 2.45) is 12.8 Å². The first-order valence-electron chi connectivity index (χ1n) is 11.3. The fourth-order valence-corrected chi connectivity index (χ4v) is 4.05. The van der Waals surface area contributed by atoms with Gasteiger partial charge in [0.2, 0.25) is 0 Å². The van der Waals surface area contributed by atoms with Gasteiger partial charge in [0.25, 0.3) is 11.1 Å². The molecule has 0 bridgehead atoms. The van der Waals surface area contributed by atoms with Crippen molar-refractivity contribution in [3.8, 4) is 5.69 Å². The summed E-state index contributed by atoms with van der Waals surface area (Å²) in [4.78, 5) is 52.2. The first kappa shape index (κ1) is 28.9. The molecule has 9 nitrogen and oxygen atoms in total. The lowest BCUT2D eigenvalue weighted by Gasteiger charge is -2.19. The number of anilines is 2. The summed E-state index contributed by atoms with van der Waals surface area (Å²) >= 11 is 0. The number of nitrogens with zero attached hydrogens (tertiary/aromatic N) is 2. The summed E-state index contributed by atoms with van der Waals surface area (Å²) in [6.07, 6.45) is 1.61. The van der Waals surface area contributed by atoms with Gasteiger partial charge in [-0.2, -0.15) is 0 Å². The van der Waals surface area contributed by atoms with Crippen molar-refractivity contribution in [1.82, 2.24) is 14.1 Å². The van der Waals surface area contributed by atoms with E-state index < -0.39 is 22.6 Å². The van der Waals surface area contributed by atoms with E-state index in [0.717, 1.165) is 11.8 Å². The van der Waals surface area contributed by atoms with Crippen LogP contribution in [0.3, 0.4) is 0 Å². The highest BCUT2D eigenvalue weighted by Crippen LogP contribution is 2.27. The van der Waals surface area contributed by atoms with Gasteiger partial charge in [0.05, 0.1) is 16.9 Å². The highest BCUT2D eigenvalue weighted by Gasteiger charge is 2.21. The Bertz CT molecular complexity index is 1620. The van der Waals surface area contributed by atoms with Crippen LogP contribution in [0, 0.1) is 19.7 Å². The molecule has 37 heavy (non-hydrogen) atoms. The normalized spacial score (nSPS) is 10.3. The molecule has 2 heterocycles. The summed E-state index contributed by atoms with van der Waals surface area (Å²) in [5.74, 6) is -0.491. The maximum atomic E-state index is 14.6. The molecule has 2 aromatic carbocycles. The summed E-state index contributed by atoms with van der Waals surface area (Å²) in [6, 6.07) is 11.5. The minimum absolute atomic E-state index is 0. The van der Waals surface area contributed by atoms with Gasteiger partial charge in [0.1, 0.15) is 23.3 Å². The van der Waals surface area contributed by atoms with Gasteiger partial charge in [-0.15, -0.1) is 0 Å². The maximum Gasteiger partial charge on any atom is 0.333 e. The summed E-state index contributed by atoms with van der Waals surface area (Å²) in [6.45, 7) is 3.28. The fraction of sp³-hybridized carbons (Fsp3) is 0.259. The van der Waals surface area contributed by atoms with Crippen LogP contribution in [0.25, 0.3) is 16.6 Å². The first-order valence-corrected chi connectivity index (χ1v) is 11.3. The zero-order valence-corrected chi connectivity index (χ0v) is 20.5. The van der Waals surface area contributed by atoms with Crippen molar-refractivity contribution in [2.45, 2.75) is 34.1 Å². The van der Waals surface area contributed by atoms with E-state index in [4.69, 9.17) is 0 Å². The molecule has 196 valence electrons. The van der Waals surface area contributed by atoms with Crippen LogP contribution >= 0.6 is 0 Å². The molecule has 4 N–H and O–H groups in total. The Hall–Kier alpha value is -4.31. The number of H-pyrrole nitrogens is 1. The Balaban J connectivity index is 0.00000157. The number of nitrogens with one attached hydrogen (secondary N) is 2. The average molecular weight is 510 g/mol. The summed E-state index contributed by atoms with van der Waals surface area (Å²) in [5.41, 5.74) is 4.99. The second-order valence-corrected chi connectivity index (χ2v) is 8.14. The van der Waals surface area contributed by atoms with E-state index in [-0.39, 0.29) is 35.4 Å². The van der Waals surface area contributed by atoms with E-state index in [1.54, 1.807) is 31.2 Å². The summed E-state index contributed by atoms with van der Waals surface area (Å²) in [5, 5.41) is 2.91. The molecule has 10 heteroatoms. The smallest absolute Gasteiger partial charge is 0.333 e. The molecule has 0 atom stereocenters. The number of aryl methyl sites for hydroxylation is 3. The second kappa shape index (κ2) is 12.1. The Kier molecular flexibility index (Phi) is 9.45. The number of hydrogen-bond donors (Lipinski definition) is 3. The van der Waals surface area contributed by atoms with E-state index in [9.17, 15) is 23.6 Å². The van der Waals surface area contributed by atoms with Gasteiger partial charge in [0, 0.05) is 19.0 Å². The minimum Gasteiger partial charge on any atom is -0.338 e. The maximum absolute atomic E-state index is 14.6. The molecule has 0 saturated heterocycles. The standard InChI is InChI=1S/C25H23FN4O4.CH5N.CH4/c1-14-9-10-19(18(26)12-14)27-22-20-21(15(2)24(33)29(22)3)30(25(34)28-23(20)32)17-8-4-6-16(13-17)7-5-11-31;1-2;/h4,6,8-13,27H,5,7H2,1-3H3,(H,28,32,34);2H2,1H3;1H4. The van der Waals surface area contributed by atoms with Gasteiger partial charge in [-0.25, -0.2) is 9.18 Å². The largest absolute Gasteiger partial charge is 0.338 e. The molecule has 0 fully saturated rings. The van der Waals surface area contributed by atoms with Crippen LogP contribution in [0.5, 0.6) is 0 Å². The average Bonchev–Trinajstić information content (AvgIpc) is 2.86. The zero-order valence-electron chi connectivity index (χ0n) is 20.5. The molecule has 0 aliphatic carbocycles. The summed E-state index contributed by atoms with van der Waals surface area (Å²) < 4.78 is 17.1. The fourth-order valence-electron chi connectivity index (χ4n) is 4.05. The van der Waals surface area contributed by atoms with Gasteiger partial charge < -0.3 is 15.8 Å². The molecule has 0 aliphatic rings. The van der Waals surface area contributed by atoms with Crippen molar-refractivity contribution in [2.75, 3.05) is 12.4 Å². The van der Waals surface area contributed by atoms with Crippen LogP contribution in [0.1, 0.15) is 30.5 Å². The number of rotatable bonds is 6. The number of halogens is 1. The number of aromatic nitrogens is 3. The van der Waals surface area contributed by atoms with Gasteiger partial charge in [0.15, 0.2) is 0 Å². The molecule has 0 spiro atoms. The number of pyridine rings is 1. The SMILES string of the molecule is C.CN.Cc1ccc(Nc2c3c(=O)[nH]c(=O)n(-c4cccc(CCC=O)c4)c3c(C)c(=O)n2C)c(F)c1. The third-order valence-electron chi connectivity index (χ3n) is 5.76. The van der Waals surface area contributed by atoms with E-state index in [1.165, 1.54) is 42.3 Å². The van der Waals surface area contributed by atoms with Crippen molar-refractivity contribution >= 4 is 28.7 Å². The molecule has 0 saturated carbocycles. The topological polar surface area (TPSA) is 132 Å². The molecule has 4 aromatic rings. The van der Waals surface area contributed by atoms with Crippen molar-refractivity contribution in [3.63, 3.8) is 0 Å². The van der Waals surface area contributed by atoms with Crippen molar-refractivity contribution in [1.29, 1.82) is 0 Å². The predicted molar refractivity (Wildman–Crippen MR) is 146 cm³/mol. The quantitative estimate of drug-likeness (QED) is 0.342. The molecular weight excluding hydrogens is 477 g/mol. The Morgan fingerprint density at radius 3 is 2.43 bits per heavy atom. The highest BCUT2D eigenvalue weighted by atomic mass is 19.1. The van der Waals surface area contributed by atoms with Crippen LogP contribution in [-0.2, 0) is 18.3 Å². The van der Waals surface area contributed by atoms with E-state index in [2.05, 4.69) is 16.0 Å². The predicted octanol–water partition coefficient (Wildman–Crippen LogP) is 3.22. The number of carbonyl (C=O) groups excluding carboxylic acids is 1. The molecule has 2 aromatic heterocycles. The van der Waals surface area contributed by atoms with E-state index in [1.807, 2.05) is 6.07 Å². The van der Waals surface area contributed by atoms with Crippen LogP contribution in [-0.4, -0.2) is 27.5 Å². The number of fused-ring (bicyclic) bond motifs is 1. The monoisotopic (exact) mass is 509 g/mol. The van der Waals surface area contributed by atoms with Gasteiger partial charge in [-0.3, -0.25) is 23.7 Å². The number of nitrogens with two attached hydrogens (primary N) is 1. The molecule has 0 aliphatic heterocycles. The first-order chi connectivity index (χ1) is 17.2. The Morgan fingerprint density at radius 1 is 1.08 bits per heavy atom. The van der Waals surface area contributed by atoms with Crippen LogP contribution in [0.15, 0.2) is 56.8 Å². The molecule has 4 rings (SSSR count). The lowest BCUT2D eigenvalue weighted by atomic mass is 10.1. The zero-order chi connectivity index (χ0) is 26.6. The molecular formula is C27H32FN5O4. The third kappa shape index (κ3) is 5.59. The third-order valence-corrected chi connectivity index (χ3v) is 5.76. The number of aromatic amines is 1. The van der Waals surface area contributed by atoms with E-state index in [0.29, 0.717) is 24.1 Å². The van der Waals surface area contributed by atoms with Crippen LogP contribution < -0.4 is 27.9 Å². The van der Waals surface area contributed by atoms with E-state index >= 15 is 0 Å². The minimum atomic E-state index is -0.714. The molecule has 0 unspecified atom stereocenters. The van der Waals surface area contributed by atoms with Gasteiger partial charge >= 0.3 is 5.69 Å². The lowest BCUT2D eigenvalue weighted by Crippen LogP contribution is -2.34. The lowest BCUT2D eigenvalue weighted by molar-refractivity contribution is -0.107. The molecule has 0 radical (unpaired) electrons. The number of aldehydes is 1. The molecule has 0 amide bonds. The number of hydrogen-bond acceptors (Lipinski definition) is 6. The Labute approximate surface area is 213 Å². The van der Waals surface area contributed by atoms with Gasteiger partial charge in [-0.1, -0.05) is 25.6 Å².